The Bertz CT molecular complexity index is 957. The maximum absolute atomic E-state index is 13.8. The normalized spacial score (nSPS) is 12.4. The number of rotatable bonds is 7. The summed E-state index contributed by atoms with van der Waals surface area (Å²) in [4.78, 5) is 12.5. The molecule has 2 aromatic heterocycles. The SMILES string of the molecule is CC(C)Cn1c(SC(C)C(=O)Nc2ccc(F)cc2F)nnc1-c1ccco1. The van der Waals surface area contributed by atoms with Crippen LogP contribution in [0.2, 0.25) is 0 Å². The number of nitrogens with one attached hydrogen (secondary N) is 1. The molecule has 0 aliphatic rings. The molecular formula is C19H20F2N4O2S. The van der Waals surface area contributed by atoms with Crippen LogP contribution in [0.5, 0.6) is 0 Å². The van der Waals surface area contributed by atoms with Crippen LogP contribution in [0.25, 0.3) is 11.6 Å². The van der Waals surface area contributed by atoms with Crippen LogP contribution in [-0.4, -0.2) is 25.9 Å². The second kappa shape index (κ2) is 8.55. The van der Waals surface area contributed by atoms with Gasteiger partial charge in [-0.3, -0.25) is 9.36 Å². The molecule has 0 spiro atoms. The summed E-state index contributed by atoms with van der Waals surface area (Å²) in [6.07, 6.45) is 1.56. The second-order valence-corrected chi connectivity index (χ2v) is 7.97. The zero-order valence-electron chi connectivity index (χ0n) is 15.6. The van der Waals surface area contributed by atoms with Crippen LogP contribution in [0.4, 0.5) is 14.5 Å². The Morgan fingerprint density at radius 1 is 1.25 bits per heavy atom. The number of hydrogen-bond acceptors (Lipinski definition) is 5. The highest BCUT2D eigenvalue weighted by atomic mass is 32.2. The van der Waals surface area contributed by atoms with Crippen molar-refractivity contribution in [2.24, 2.45) is 5.92 Å². The van der Waals surface area contributed by atoms with E-state index in [4.69, 9.17) is 4.42 Å². The fraction of sp³-hybridized carbons (Fsp3) is 0.316. The van der Waals surface area contributed by atoms with E-state index in [1.807, 2.05) is 4.57 Å². The van der Waals surface area contributed by atoms with Crippen molar-refractivity contribution in [3.63, 3.8) is 0 Å². The average Bonchev–Trinajstić information content (AvgIpc) is 3.27. The number of carbonyl (C=O) groups is 1. The van der Waals surface area contributed by atoms with Gasteiger partial charge in [-0.25, -0.2) is 8.78 Å². The van der Waals surface area contributed by atoms with E-state index in [2.05, 4.69) is 29.4 Å². The largest absolute Gasteiger partial charge is 0.461 e. The fourth-order valence-corrected chi connectivity index (χ4v) is 3.39. The van der Waals surface area contributed by atoms with Gasteiger partial charge in [-0.15, -0.1) is 10.2 Å². The third kappa shape index (κ3) is 4.59. The van der Waals surface area contributed by atoms with Crippen molar-refractivity contribution in [1.29, 1.82) is 0 Å². The number of halogens is 2. The Balaban J connectivity index is 1.77. The van der Waals surface area contributed by atoms with Gasteiger partial charge in [0.2, 0.25) is 5.91 Å². The number of amides is 1. The minimum atomic E-state index is -0.825. The van der Waals surface area contributed by atoms with Crippen molar-refractivity contribution in [1.82, 2.24) is 14.8 Å². The van der Waals surface area contributed by atoms with Crippen LogP contribution in [-0.2, 0) is 11.3 Å². The van der Waals surface area contributed by atoms with Crippen molar-refractivity contribution in [2.45, 2.75) is 37.7 Å². The third-order valence-electron chi connectivity index (χ3n) is 3.85. The van der Waals surface area contributed by atoms with Crippen molar-refractivity contribution < 1.29 is 18.0 Å². The van der Waals surface area contributed by atoms with Crippen molar-refractivity contribution in [3.05, 3.63) is 48.2 Å². The van der Waals surface area contributed by atoms with Crippen LogP contribution in [0.15, 0.2) is 46.2 Å². The smallest absolute Gasteiger partial charge is 0.237 e. The second-order valence-electron chi connectivity index (χ2n) is 6.66. The first-order valence-electron chi connectivity index (χ1n) is 8.74. The Labute approximate surface area is 165 Å². The van der Waals surface area contributed by atoms with Crippen molar-refractivity contribution in [2.75, 3.05) is 5.32 Å². The molecular weight excluding hydrogens is 386 g/mol. The number of thioether (sulfide) groups is 1. The highest BCUT2D eigenvalue weighted by Crippen LogP contribution is 2.28. The van der Waals surface area contributed by atoms with Gasteiger partial charge in [0.25, 0.3) is 0 Å². The van der Waals surface area contributed by atoms with Crippen LogP contribution < -0.4 is 5.32 Å². The minimum Gasteiger partial charge on any atom is -0.461 e. The Morgan fingerprint density at radius 2 is 2.04 bits per heavy atom. The van der Waals surface area contributed by atoms with E-state index in [0.29, 0.717) is 29.2 Å². The van der Waals surface area contributed by atoms with Crippen LogP contribution in [0.3, 0.4) is 0 Å². The molecule has 3 rings (SSSR count). The van der Waals surface area contributed by atoms with Crippen LogP contribution in [0, 0.1) is 17.6 Å². The predicted molar refractivity (Wildman–Crippen MR) is 103 cm³/mol. The highest BCUT2D eigenvalue weighted by molar-refractivity contribution is 8.00. The molecule has 0 saturated heterocycles. The van der Waals surface area contributed by atoms with Gasteiger partial charge in [0.15, 0.2) is 16.7 Å². The standard InChI is InChI=1S/C19H20F2N4O2S/c1-11(2)10-25-17(16-5-4-8-27-16)23-24-19(25)28-12(3)18(26)22-15-7-6-13(20)9-14(15)21/h4-9,11-12H,10H2,1-3H3,(H,22,26). The first kappa shape index (κ1) is 20.1. The molecule has 1 amide bonds. The molecule has 3 aromatic rings. The van der Waals surface area contributed by atoms with Crippen molar-refractivity contribution in [3.8, 4) is 11.6 Å². The quantitative estimate of drug-likeness (QED) is 0.581. The number of nitrogens with zero attached hydrogens (tertiary/aromatic N) is 3. The summed E-state index contributed by atoms with van der Waals surface area (Å²) in [6.45, 7) is 6.45. The zero-order chi connectivity index (χ0) is 20.3. The molecule has 148 valence electrons. The lowest BCUT2D eigenvalue weighted by atomic mass is 10.2. The first-order chi connectivity index (χ1) is 13.3. The van der Waals surface area contributed by atoms with Crippen LogP contribution >= 0.6 is 11.8 Å². The molecule has 0 fully saturated rings. The van der Waals surface area contributed by atoms with Gasteiger partial charge in [-0.1, -0.05) is 25.6 Å². The molecule has 0 aliphatic heterocycles. The molecule has 0 radical (unpaired) electrons. The van der Waals surface area contributed by atoms with Gasteiger partial charge >= 0.3 is 0 Å². The van der Waals surface area contributed by atoms with Gasteiger partial charge in [-0.2, -0.15) is 0 Å². The Morgan fingerprint density at radius 3 is 2.68 bits per heavy atom. The monoisotopic (exact) mass is 406 g/mol. The summed E-state index contributed by atoms with van der Waals surface area (Å²) in [5.41, 5.74) is -0.0706. The van der Waals surface area contributed by atoms with E-state index in [-0.39, 0.29) is 5.69 Å². The molecule has 2 heterocycles. The lowest BCUT2D eigenvalue weighted by molar-refractivity contribution is -0.115. The van der Waals surface area contributed by atoms with E-state index >= 15 is 0 Å². The van der Waals surface area contributed by atoms with Gasteiger partial charge < -0.3 is 9.73 Å². The third-order valence-corrected chi connectivity index (χ3v) is 4.93. The molecule has 6 nitrogen and oxygen atoms in total. The predicted octanol–water partition coefficient (Wildman–Crippen LogP) is 4.59. The van der Waals surface area contributed by atoms with Gasteiger partial charge in [0.05, 0.1) is 17.2 Å². The van der Waals surface area contributed by atoms with E-state index < -0.39 is 22.8 Å². The van der Waals surface area contributed by atoms with E-state index in [1.54, 1.807) is 25.3 Å². The molecule has 0 bridgehead atoms. The molecule has 1 aromatic carbocycles. The number of furan rings is 1. The first-order valence-corrected chi connectivity index (χ1v) is 9.62. The lowest BCUT2D eigenvalue weighted by Crippen LogP contribution is -2.23. The molecule has 0 saturated carbocycles. The Hall–Kier alpha value is -2.68. The topological polar surface area (TPSA) is 73.0 Å². The number of aromatic nitrogens is 3. The van der Waals surface area contributed by atoms with E-state index in [1.165, 1.54) is 17.8 Å². The van der Waals surface area contributed by atoms with Gasteiger partial charge in [-0.05, 0) is 37.1 Å². The number of carbonyl (C=O) groups excluding carboxylic acids is 1. The lowest BCUT2D eigenvalue weighted by Gasteiger charge is -2.15. The number of hydrogen-bond donors (Lipinski definition) is 1. The van der Waals surface area contributed by atoms with Crippen molar-refractivity contribution >= 4 is 23.4 Å². The summed E-state index contributed by atoms with van der Waals surface area (Å²) < 4.78 is 34.1. The maximum Gasteiger partial charge on any atom is 0.237 e. The summed E-state index contributed by atoms with van der Waals surface area (Å²) in [7, 11) is 0. The molecule has 1 atom stereocenters. The van der Waals surface area contributed by atoms with E-state index in [9.17, 15) is 13.6 Å². The van der Waals surface area contributed by atoms with Gasteiger partial charge in [0.1, 0.15) is 11.6 Å². The molecule has 1 N–H and O–H groups in total. The maximum atomic E-state index is 13.8. The zero-order valence-corrected chi connectivity index (χ0v) is 16.5. The van der Waals surface area contributed by atoms with Gasteiger partial charge in [0, 0.05) is 12.6 Å². The summed E-state index contributed by atoms with van der Waals surface area (Å²) in [5, 5.41) is 10.8. The molecule has 0 aliphatic carbocycles. The number of benzene rings is 1. The summed E-state index contributed by atoms with van der Waals surface area (Å²) in [6, 6.07) is 6.57. The van der Waals surface area contributed by atoms with Crippen LogP contribution in [0.1, 0.15) is 20.8 Å². The molecule has 1 unspecified atom stereocenters. The molecule has 28 heavy (non-hydrogen) atoms. The fourth-order valence-electron chi connectivity index (χ4n) is 2.53. The highest BCUT2D eigenvalue weighted by Gasteiger charge is 2.23. The summed E-state index contributed by atoms with van der Waals surface area (Å²) >= 11 is 1.21. The summed E-state index contributed by atoms with van der Waals surface area (Å²) in [5.74, 6) is -0.460. The van der Waals surface area contributed by atoms with E-state index in [0.717, 1.165) is 12.1 Å². The molecule has 9 heteroatoms. The minimum absolute atomic E-state index is 0.0706. The Kier molecular flexibility index (Phi) is 6.13. The number of anilines is 1. The average molecular weight is 406 g/mol.